The second-order valence-electron chi connectivity index (χ2n) is 5.90. The Kier molecular flexibility index (Phi) is 6.13. The molecule has 2 aromatic heterocycles. The number of aromatic nitrogens is 2. The van der Waals surface area contributed by atoms with Crippen LogP contribution in [0.25, 0.3) is 11.7 Å². The number of amides is 1. The Labute approximate surface area is 167 Å². The normalized spacial score (nSPS) is 10.9. The maximum atomic E-state index is 12.5. The average Bonchev–Trinajstić information content (AvgIpc) is 3.10. The molecule has 3 aromatic rings. The van der Waals surface area contributed by atoms with Crippen molar-refractivity contribution in [1.82, 2.24) is 9.38 Å². The van der Waals surface area contributed by atoms with E-state index in [0.29, 0.717) is 17.1 Å². The molecule has 1 aromatic carbocycles. The maximum absolute atomic E-state index is 12.5. The molecule has 0 bridgehead atoms. The summed E-state index contributed by atoms with van der Waals surface area (Å²) in [6.45, 7) is 1.91. The molecule has 3 rings (SSSR count). The van der Waals surface area contributed by atoms with Gasteiger partial charge in [0.1, 0.15) is 5.65 Å². The van der Waals surface area contributed by atoms with Gasteiger partial charge < -0.3 is 19.5 Å². The number of rotatable bonds is 7. The highest BCUT2D eigenvalue weighted by Crippen LogP contribution is 2.28. The van der Waals surface area contributed by atoms with Crippen molar-refractivity contribution >= 4 is 29.4 Å². The zero-order valence-corrected chi connectivity index (χ0v) is 16.3. The van der Waals surface area contributed by atoms with Crippen molar-refractivity contribution in [1.29, 1.82) is 0 Å². The first-order valence-corrected chi connectivity index (χ1v) is 8.92. The Morgan fingerprint density at radius 2 is 1.93 bits per heavy atom. The number of imidazole rings is 1. The fraction of sp³-hybridized carbons (Fsp3) is 0.190. The number of ether oxygens (including phenoxy) is 3. The van der Waals surface area contributed by atoms with E-state index in [-0.39, 0.29) is 18.1 Å². The molecule has 0 aliphatic heterocycles. The van der Waals surface area contributed by atoms with E-state index in [1.807, 2.05) is 0 Å². The molecule has 0 spiro atoms. The van der Waals surface area contributed by atoms with Gasteiger partial charge in [0.15, 0.2) is 23.0 Å². The molecule has 0 saturated heterocycles. The number of nitrogens with one attached hydrogen (secondary N) is 1. The third-order valence-corrected chi connectivity index (χ3v) is 4.08. The van der Waals surface area contributed by atoms with Gasteiger partial charge in [-0.15, -0.1) is 0 Å². The summed E-state index contributed by atoms with van der Waals surface area (Å²) in [5, 5.41) is 2.71. The van der Waals surface area contributed by atoms with Gasteiger partial charge in [-0.1, -0.05) is 12.1 Å². The lowest BCUT2D eigenvalue weighted by molar-refractivity contribution is -0.111. The van der Waals surface area contributed by atoms with E-state index in [9.17, 15) is 9.59 Å². The molecule has 1 N–H and O–H groups in total. The van der Waals surface area contributed by atoms with Crippen LogP contribution in [0.4, 0.5) is 5.82 Å². The molecule has 0 saturated carbocycles. The van der Waals surface area contributed by atoms with Gasteiger partial charge in [0, 0.05) is 12.3 Å². The highest BCUT2D eigenvalue weighted by molar-refractivity contribution is 6.05. The number of fused-ring (bicyclic) bond motifs is 1. The van der Waals surface area contributed by atoms with Crippen molar-refractivity contribution in [2.45, 2.75) is 6.92 Å². The van der Waals surface area contributed by atoms with Gasteiger partial charge in [0.2, 0.25) is 5.91 Å². The van der Waals surface area contributed by atoms with Crippen LogP contribution < -0.4 is 14.8 Å². The molecule has 0 aliphatic carbocycles. The third kappa shape index (κ3) is 4.37. The highest BCUT2D eigenvalue weighted by Gasteiger charge is 2.21. The minimum Gasteiger partial charge on any atom is -0.493 e. The van der Waals surface area contributed by atoms with Gasteiger partial charge >= 0.3 is 5.97 Å². The second kappa shape index (κ2) is 8.92. The number of pyridine rings is 1. The lowest BCUT2D eigenvalue weighted by Gasteiger charge is -2.08. The van der Waals surface area contributed by atoms with Gasteiger partial charge in [0.05, 0.1) is 20.8 Å². The lowest BCUT2D eigenvalue weighted by atomic mass is 10.2. The van der Waals surface area contributed by atoms with E-state index in [4.69, 9.17) is 14.2 Å². The topological polar surface area (TPSA) is 91.2 Å². The number of hydrogen-bond donors (Lipinski definition) is 1. The number of methoxy groups -OCH3 is 2. The van der Waals surface area contributed by atoms with Gasteiger partial charge in [-0.3, -0.25) is 9.20 Å². The Bertz CT molecular complexity index is 1070. The summed E-state index contributed by atoms with van der Waals surface area (Å²) in [6.07, 6.45) is 4.70. The minimum atomic E-state index is -0.602. The van der Waals surface area contributed by atoms with E-state index in [1.165, 1.54) is 6.08 Å². The van der Waals surface area contributed by atoms with Gasteiger partial charge in [-0.25, -0.2) is 9.78 Å². The van der Waals surface area contributed by atoms with Crippen molar-refractivity contribution in [3.05, 3.63) is 59.9 Å². The van der Waals surface area contributed by atoms with Crippen LogP contribution in [0.2, 0.25) is 0 Å². The number of carbonyl (C=O) groups is 2. The molecule has 0 radical (unpaired) electrons. The van der Waals surface area contributed by atoms with Crippen LogP contribution in [0.1, 0.15) is 23.0 Å². The number of carbonyl (C=O) groups excluding carboxylic acids is 2. The quantitative estimate of drug-likeness (QED) is 0.488. The number of esters is 1. The predicted octanol–water partition coefficient (Wildman–Crippen LogP) is 3.18. The fourth-order valence-electron chi connectivity index (χ4n) is 2.74. The van der Waals surface area contributed by atoms with E-state index in [1.54, 1.807) is 74.2 Å². The van der Waals surface area contributed by atoms with E-state index in [2.05, 4.69) is 10.3 Å². The van der Waals surface area contributed by atoms with Crippen LogP contribution in [-0.2, 0) is 9.53 Å². The summed E-state index contributed by atoms with van der Waals surface area (Å²) in [7, 11) is 3.09. The molecule has 0 unspecified atom stereocenters. The number of anilines is 1. The highest BCUT2D eigenvalue weighted by atomic mass is 16.5. The zero-order valence-electron chi connectivity index (χ0n) is 16.3. The summed E-state index contributed by atoms with van der Waals surface area (Å²) in [4.78, 5) is 29.0. The first-order valence-electron chi connectivity index (χ1n) is 8.92. The van der Waals surface area contributed by atoms with Crippen molar-refractivity contribution < 1.29 is 23.8 Å². The smallest absolute Gasteiger partial charge is 0.360 e. The first-order chi connectivity index (χ1) is 14.1. The summed E-state index contributed by atoms with van der Waals surface area (Å²) < 4.78 is 17.1. The molecule has 29 heavy (non-hydrogen) atoms. The van der Waals surface area contributed by atoms with E-state index >= 15 is 0 Å². The molecule has 8 nitrogen and oxygen atoms in total. The molecule has 150 valence electrons. The second-order valence-corrected chi connectivity index (χ2v) is 5.90. The van der Waals surface area contributed by atoms with Crippen LogP contribution in [0.15, 0.2) is 48.7 Å². The first kappa shape index (κ1) is 19.9. The minimum absolute atomic E-state index is 0.0471. The molecule has 2 heterocycles. The largest absolute Gasteiger partial charge is 0.493 e. The third-order valence-electron chi connectivity index (χ3n) is 4.08. The predicted molar refractivity (Wildman–Crippen MR) is 108 cm³/mol. The van der Waals surface area contributed by atoms with Crippen molar-refractivity contribution in [2.75, 3.05) is 26.1 Å². The number of benzene rings is 1. The average molecular weight is 395 g/mol. The van der Waals surface area contributed by atoms with E-state index < -0.39 is 11.9 Å². The summed E-state index contributed by atoms with van der Waals surface area (Å²) >= 11 is 0. The fourth-order valence-corrected chi connectivity index (χ4v) is 2.74. The Morgan fingerprint density at radius 3 is 2.66 bits per heavy atom. The summed E-state index contributed by atoms with van der Waals surface area (Å²) in [5.41, 5.74) is 1.32. The Balaban J connectivity index is 1.85. The van der Waals surface area contributed by atoms with Crippen LogP contribution in [-0.4, -0.2) is 42.1 Å². The van der Waals surface area contributed by atoms with Crippen molar-refractivity contribution in [2.24, 2.45) is 0 Å². The molecule has 0 atom stereocenters. The molecule has 8 heteroatoms. The lowest BCUT2D eigenvalue weighted by Crippen LogP contribution is -2.14. The SMILES string of the molecule is CCOC(=O)c1nc2ccccn2c1NC(=O)/C=C/c1ccc(OC)c(OC)c1. The van der Waals surface area contributed by atoms with Crippen LogP contribution in [0.3, 0.4) is 0 Å². The standard InChI is InChI=1S/C21H21N3O5/c1-4-29-21(26)19-20(24-12-6-5-7-17(24)22-19)23-18(25)11-9-14-8-10-15(27-2)16(13-14)28-3/h5-13H,4H2,1-3H3,(H,23,25)/b11-9+. The van der Waals surface area contributed by atoms with Crippen LogP contribution in [0.5, 0.6) is 11.5 Å². The molecule has 1 amide bonds. The van der Waals surface area contributed by atoms with Gasteiger partial charge in [-0.2, -0.15) is 0 Å². The van der Waals surface area contributed by atoms with E-state index in [0.717, 1.165) is 5.56 Å². The molecular weight excluding hydrogens is 374 g/mol. The Hall–Kier alpha value is -3.81. The van der Waals surface area contributed by atoms with Gasteiger partial charge in [0.25, 0.3) is 0 Å². The maximum Gasteiger partial charge on any atom is 0.360 e. The number of nitrogens with zero attached hydrogens (tertiary/aromatic N) is 2. The zero-order chi connectivity index (χ0) is 20.8. The molecular formula is C21H21N3O5. The summed E-state index contributed by atoms with van der Waals surface area (Å²) in [6, 6.07) is 10.6. The molecule has 0 aliphatic rings. The number of hydrogen-bond acceptors (Lipinski definition) is 6. The van der Waals surface area contributed by atoms with Crippen LogP contribution in [0, 0.1) is 0 Å². The summed E-state index contributed by atoms with van der Waals surface area (Å²) in [5.74, 6) is 0.382. The van der Waals surface area contributed by atoms with Crippen molar-refractivity contribution in [3.8, 4) is 11.5 Å². The monoisotopic (exact) mass is 395 g/mol. The van der Waals surface area contributed by atoms with Crippen molar-refractivity contribution in [3.63, 3.8) is 0 Å². The molecule has 0 fully saturated rings. The van der Waals surface area contributed by atoms with Gasteiger partial charge in [-0.05, 0) is 42.8 Å². The van der Waals surface area contributed by atoms with Crippen LogP contribution >= 0.6 is 0 Å². The Morgan fingerprint density at radius 1 is 1.14 bits per heavy atom.